The average Bonchev–Trinajstić information content (AvgIpc) is 2.29. The highest BCUT2D eigenvalue weighted by Gasteiger charge is 2.12. The van der Waals surface area contributed by atoms with Crippen molar-refractivity contribution in [2.45, 2.75) is 40.2 Å². The highest BCUT2D eigenvalue weighted by atomic mass is 16.2. The second-order valence-electron chi connectivity index (χ2n) is 4.48. The molecular formula is C14H22N2O. The lowest BCUT2D eigenvalue weighted by atomic mass is 10.1. The summed E-state index contributed by atoms with van der Waals surface area (Å²) in [6.45, 7) is 8.77. The molecule has 0 unspecified atom stereocenters. The Morgan fingerprint density at radius 1 is 1.35 bits per heavy atom. The third-order valence-corrected chi connectivity index (χ3v) is 2.70. The molecule has 0 spiro atoms. The molecule has 1 rings (SSSR count). The van der Waals surface area contributed by atoms with Gasteiger partial charge in [0.25, 0.3) is 0 Å². The number of hydrogen-bond donors (Lipinski definition) is 2. The van der Waals surface area contributed by atoms with E-state index in [1.165, 1.54) is 11.1 Å². The minimum Gasteiger partial charge on any atom is -0.374 e. The predicted octanol–water partition coefficient (Wildman–Crippen LogP) is 2.63. The maximum Gasteiger partial charge on any atom is 0.242 e. The fourth-order valence-electron chi connectivity index (χ4n) is 1.68. The molecule has 0 aromatic heterocycles. The van der Waals surface area contributed by atoms with Crippen LogP contribution < -0.4 is 10.6 Å². The molecule has 2 N–H and O–H groups in total. The van der Waals surface area contributed by atoms with Crippen molar-refractivity contribution < 1.29 is 4.79 Å². The Labute approximate surface area is 104 Å². The average molecular weight is 234 g/mol. The van der Waals surface area contributed by atoms with Crippen LogP contribution in [0.2, 0.25) is 0 Å². The van der Waals surface area contributed by atoms with Gasteiger partial charge in [-0.1, -0.05) is 24.6 Å². The molecule has 0 saturated carbocycles. The van der Waals surface area contributed by atoms with Crippen molar-refractivity contribution in [3.05, 3.63) is 29.3 Å². The standard InChI is InChI=1S/C14H22N2O/c1-5-8-15-14(17)12(4)16-13-7-6-10(2)9-11(13)3/h6-7,9,12,16H,5,8H2,1-4H3,(H,15,17)/t12-/m1/s1. The summed E-state index contributed by atoms with van der Waals surface area (Å²) in [4.78, 5) is 11.7. The molecule has 0 fully saturated rings. The van der Waals surface area contributed by atoms with Gasteiger partial charge >= 0.3 is 0 Å². The predicted molar refractivity (Wildman–Crippen MR) is 72.3 cm³/mol. The fraction of sp³-hybridized carbons (Fsp3) is 0.500. The first-order valence-corrected chi connectivity index (χ1v) is 6.16. The Hall–Kier alpha value is -1.51. The Kier molecular flexibility index (Phi) is 5.01. The summed E-state index contributed by atoms with van der Waals surface area (Å²) in [6.07, 6.45) is 0.960. The van der Waals surface area contributed by atoms with Crippen LogP contribution >= 0.6 is 0 Å². The van der Waals surface area contributed by atoms with Crippen LogP contribution in [0.25, 0.3) is 0 Å². The zero-order chi connectivity index (χ0) is 12.8. The van der Waals surface area contributed by atoms with Crippen LogP contribution in [0.3, 0.4) is 0 Å². The zero-order valence-electron chi connectivity index (χ0n) is 11.1. The van der Waals surface area contributed by atoms with Gasteiger partial charge in [0.2, 0.25) is 5.91 Å². The number of nitrogens with one attached hydrogen (secondary N) is 2. The number of benzene rings is 1. The molecule has 94 valence electrons. The lowest BCUT2D eigenvalue weighted by molar-refractivity contribution is -0.121. The summed E-state index contributed by atoms with van der Waals surface area (Å²) < 4.78 is 0. The lowest BCUT2D eigenvalue weighted by Gasteiger charge is -2.17. The monoisotopic (exact) mass is 234 g/mol. The lowest BCUT2D eigenvalue weighted by Crippen LogP contribution is -2.38. The molecule has 17 heavy (non-hydrogen) atoms. The number of rotatable bonds is 5. The molecule has 3 heteroatoms. The number of anilines is 1. The maximum atomic E-state index is 11.7. The molecule has 1 atom stereocenters. The smallest absolute Gasteiger partial charge is 0.242 e. The highest BCUT2D eigenvalue weighted by molar-refractivity contribution is 5.84. The van der Waals surface area contributed by atoms with Crippen LogP contribution in [-0.2, 0) is 4.79 Å². The van der Waals surface area contributed by atoms with Crippen molar-refractivity contribution in [1.29, 1.82) is 0 Å². The second-order valence-corrected chi connectivity index (χ2v) is 4.48. The van der Waals surface area contributed by atoms with Crippen LogP contribution in [0.15, 0.2) is 18.2 Å². The zero-order valence-corrected chi connectivity index (χ0v) is 11.1. The molecule has 1 amide bonds. The van der Waals surface area contributed by atoms with Crippen LogP contribution in [0, 0.1) is 13.8 Å². The molecule has 0 bridgehead atoms. The summed E-state index contributed by atoms with van der Waals surface area (Å²) in [5.41, 5.74) is 3.42. The molecule has 0 heterocycles. The van der Waals surface area contributed by atoms with Gasteiger partial charge in [0.05, 0.1) is 0 Å². The molecule has 0 aliphatic carbocycles. The first-order chi connectivity index (χ1) is 8.04. The van der Waals surface area contributed by atoms with E-state index in [1.807, 2.05) is 32.9 Å². The van der Waals surface area contributed by atoms with Gasteiger partial charge in [-0.15, -0.1) is 0 Å². The van der Waals surface area contributed by atoms with E-state index < -0.39 is 0 Å². The Bertz CT molecular complexity index is 388. The van der Waals surface area contributed by atoms with E-state index in [0.717, 1.165) is 18.7 Å². The van der Waals surface area contributed by atoms with E-state index in [2.05, 4.69) is 23.6 Å². The first-order valence-electron chi connectivity index (χ1n) is 6.16. The van der Waals surface area contributed by atoms with Crippen LogP contribution in [0.4, 0.5) is 5.69 Å². The van der Waals surface area contributed by atoms with E-state index in [0.29, 0.717) is 0 Å². The molecule has 1 aromatic rings. The molecule has 0 saturated heterocycles. The van der Waals surface area contributed by atoms with Gasteiger partial charge in [-0.05, 0) is 38.8 Å². The summed E-state index contributed by atoms with van der Waals surface area (Å²) >= 11 is 0. The minimum absolute atomic E-state index is 0.0480. The summed E-state index contributed by atoms with van der Waals surface area (Å²) in [5, 5.41) is 6.12. The highest BCUT2D eigenvalue weighted by Crippen LogP contribution is 2.16. The van der Waals surface area contributed by atoms with E-state index in [9.17, 15) is 4.79 Å². The fourth-order valence-corrected chi connectivity index (χ4v) is 1.68. The van der Waals surface area contributed by atoms with Crippen molar-refractivity contribution in [3.63, 3.8) is 0 Å². The molecular weight excluding hydrogens is 212 g/mol. The van der Waals surface area contributed by atoms with Gasteiger partial charge in [0.15, 0.2) is 0 Å². The maximum absolute atomic E-state index is 11.7. The van der Waals surface area contributed by atoms with Gasteiger partial charge in [-0.25, -0.2) is 0 Å². The van der Waals surface area contributed by atoms with E-state index in [1.54, 1.807) is 0 Å². The summed E-state index contributed by atoms with van der Waals surface area (Å²) in [7, 11) is 0. The van der Waals surface area contributed by atoms with Crippen molar-refractivity contribution >= 4 is 11.6 Å². The Morgan fingerprint density at radius 2 is 2.06 bits per heavy atom. The van der Waals surface area contributed by atoms with Gasteiger partial charge in [0.1, 0.15) is 6.04 Å². The van der Waals surface area contributed by atoms with Gasteiger partial charge in [-0.2, -0.15) is 0 Å². The SMILES string of the molecule is CCCNC(=O)[C@@H](C)Nc1ccc(C)cc1C. The Morgan fingerprint density at radius 3 is 2.65 bits per heavy atom. The van der Waals surface area contributed by atoms with E-state index >= 15 is 0 Å². The number of hydrogen-bond acceptors (Lipinski definition) is 2. The van der Waals surface area contributed by atoms with Crippen LogP contribution in [0.1, 0.15) is 31.4 Å². The molecule has 3 nitrogen and oxygen atoms in total. The topological polar surface area (TPSA) is 41.1 Å². The van der Waals surface area contributed by atoms with Gasteiger partial charge in [0, 0.05) is 12.2 Å². The third kappa shape index (κ3) is 4.10. The van der Waals surface area contributed by atoms with Gasteiger partial charge in [-0.3, -0.25) is 4.79 Å². The second kappa shape index (κ2) is 6.28. The van der Waals surface area contributed by atoms with Crippen molar-refractivity contribution in [2.24, 2.45) is 0 Å². The molecule has 1 aromatic carbocycles. The number of amides is 1. The van der Waals surface area contributed by atoms with Crippen LogP contribution in [-0.4, -0.2) is 18.5 Å². The van der Waals surface area contributed by atoms with Crippen molar-refractivity contribution in [2.75, 3.05) is 11.9 Å². The Balaban J connectivity index is 2.61. The van der Waals surface area contributed by atoms with Gasteiger partial charge < -0.3 is 10.6 Å². The van der Waals surface area contributed by atoms with Crippen molar-refractivity contribution in [1.82, 2.24) is 5.32 Å². The summed E-state index contributed by atoms with van der Waals surface area (Å²) in [6, 6.07) is 5.97. The first kappa shape index (κ1) is 13.6. The largest absolute Gasteiger partial charge is 0.374 e. The van der Waals surface area contributed by atoms with Crippen LogP contribution in [0.5, 0.6) is 0 Å². The number of carbonyl (C=O) groups is 1. The van der Waals surface area contributed by atoms with Crippen molar-refractivity contribution in [3.8, 4) is 0 Å². The van der Waals surface area contributed by atoms with E-state index in [-0.39, 0.29) is 11.9 Å². The molecule has 0 aliphatic rings. The number of carbonyl (C=O) groups excluding carboxylic acids is 1. The normalized spacial score (nSPS) is 12.0. The molecule has 0 aliphatic heterocycles. The molecule has 0 radical (unpaired) electrons. The van der Waals surface area contributed by atoms with E-state index in [4.69, 9.17) is 0 Å². The summed E-state index contributed by atoms with van der Waals surface area (Å²) in [5.74, 6) is 0.0480. The minimum atomic E-state index is -0.206. The quantitative estimate of drug-likeness (QED) is 0.822. The third-order valence-electron chi connectivity index (χ3n) is 2.70. The number of aryl methyl sites for hydroxylation is 2.